The molecule has 1 saturated heterocycles. The van der Waals surface area contributed by atoms with Gasteiger partial charge in [-0.1, -0.05) is 12.5 Å². The Balaban J connectivity index is 2.33. The van der Waals surface area contributed by atoms with Gasteiger partial charge in [0.25, 0.3) is 0 Å². The van der Waals surface area contributed by atoms with Crippen molar-refractivity contribution in [2.24, 2.45) is 0 Å². The van der Waals surface area contributed by atoms with Crippen LogP contribution in [0.4, 0.5) is 4.39 Å². The number of benzene rings is 1. The van der Waals surface area contributed by atoms with Gasteiger partial charge in [-0.05, 0) is 31.7 Å². The molecule has 1 aromatic carbocycles. The Morgan fingerprint density at radius 2 is 2.25 bits per heavy atom. The molecule has 1 aliphatic heterocycles. The Labute approximate surface area is 99.2 Å². The van der Waals surface area contributed by atoms with E-state index in [-0.39, 0.29) is 17.6 Å². The van der Waals surface area contributed by atoms with Gasteiger partial charge < -0.3 is 10.4 Å². The third-order valence-corrected chi connectivity index (χ3v) is 3.79. The van der Waals surface area contributed by atoms with Crippen LogP contribution in [0.3, 0.4) is 0 Å². The predicted octanol–water partition coefficient (Wildman–Crippen LogP) is 3.07. The van der Waals surface area contributed by atoms with Crippen molar-refractivity contribution in [2.45, 2.75) is 30.2 Å². The van der Waals surface area contributed by atoms with Crippen LogP contribution in [0.2, 0.25) is 0 Å². The van der Waals surface area contributed by atoms with Crippen LogP contribution < -0.4 is 5.32 Å². The smallest absolute Gasteiger partial charge is 0.145 e. The molecular formula is C12H16FNOS. The minimum Gasteiger partial charge on any atom is -0.507 e. The molecule has 2 rings (SSSR count). The first-order valence-electron chi connectivity index (χ1n) is 5.52. The summed E-state index contributed by atoms with van der Waals surface area (Å²) in [6.07, 6.45) is 5.03. The van der Waals surface area contributed by atoms with Crippen LogP contribution in [0.25, 0.3) is 0 Å². The summed E-state index contributed by atoms with van der Waals surface area (Å²) in [7, 11) is 0. The highest BCUT2D eigenvalue weighted by Gasteiger charge is 2.21. The first kappa shape index (κ1) is 11.7. The van der Waals surface area contributed by atoms with Crippen molar-refractivity contribution in [3.05, 3.63) is 23.5 Å². The molecule has 88 valence electrons. The first-order chi connectivity index (χ1) is 7.74. The van der Waals surface area contributed by atoms with Crippen molar-refractivity contribution in [3.63, 3.8) is 0 Å². The van der Waals surface area contributed by atoms with Crippen LogP contribution in [-0.2, 0) is 0 Å². The number of rotatable bonds is 2. The minimum absolute atomic E-state index is 0.0320. The topological polar surface area (TPSA) is 32.3 Å². The van der Waals surface area contributed by atoms with E-state index >= 15 is 0 Å². The number of aromatic hydroxyl groups is 1. The van der Waals surface area contributed by atoms with E-state index in [1.54, 1.807) is 18.4 Å². The Morgan fingerprint density at radius 3 is 2.88 bits per heavy atom. The summed E-state index contributed by atoms with van der Waals surface area (Å²) in [5, 5.41) is 12.8. The van der Waals surface area contributed by atoms with Crippen LogP contribution in [0.5, 0.6) is 5.75 Å². The Hall–Kier alpha value is -0.740. The van der Waals surface area contributed by atoms with Crippen LogP contribution in [-0.4, -0.2) is 17.9 Å². The Bertz CT molecular complexity index is 378. The lowest BCUT2D eigenvalue weighted by Crippen LogP contribution is -2.27. The number of thioether (sulfide) groups is 1. The molecule has 0 saturated carbocycles. The fraction of sp³-hybridized carbons (Fsp3) is 0.500. The van der Waals surface area contributed by atoms with E-state index in [2.05, 4.69) is 5.32 Å². The fourth-order valence-electron chi connectivity index (χ4n) is 2.14. The van der Waals surface area contributed by atoms with Gasteiger partial charge in [-0.3, -0.25) is 0 Å². The highest BCUT2D eigenvalue weighted by molar-refractivity contribution is 7.98. The van der Waals surface area contributed by atoms with E-state index in [9.17, 15) is 9.50 Å². The van der Waals surface area contributed by atoms with Gasteiger partial charge in [0.15, 0.2) is 0 Å². The molecule has 1 aliphatic rings. The molecule has 1 fully saturated rings. The zero-order chi connectivity index (χ0) is 11.5. The van der Waals surface area contributed by atoms with Crippen molar-refractivity contribution in [1.82, 2.24) is 5.32 Å². The lowest BCUT2D eigenvalue weighted by molar-refractivity contribution is 0.391. The summed E-state index contributed by atoms with van der Waals surface area (Å²) in [6, 6.07) is 3.37. The minimum atomic E-state index is -0.271. The summed E-state index contributed by atoms with van der Waals surface area (Å²) < 4.78 is 14.1. The van der Waals surface area contributed by atoms with E-state index in [4.69, 9.17) is 0 Å². The first-order valence-corrected chi connectivity index (χ1v) is 6.75. The maximum atomic E-state index is 14.1. The molecule has 16 heavy (non-hydrogen) atoms. The molecule has 1 atom stereocenters. The third kappa shape index (κ3) is 2.18. The van der Waals surface area contributed by atoms with Crippen molar-refractivity contribution in [2.75, 3.05) is 12.8 Å². The maximum Gasteiger partial charge on any atom is 0.145 e. The van der Waals surface area contributed by atoms with Crippen LogP contribution in [0.15, 0.2) is 17.0 Å². The monoisotopic (exact) mass is 241 g/mol. The third-order valence-electron chi connectivity index (χ3n) is 3.00. The molecule has 4 heteroatoms. The molecule has 0 aliphatic carbocycles. The van der Waals surface area contributed by atoms with E-state index in [0.717, 1.165) is 25.8 Å². The quantitative estimate of drug-likeness (QED) is 0.780. The summed E-state index contributed by atoms with van der Waals surface area (Å²) in [6.45, 7) is 0.944. The lowest BCUT2D eigenvalue weighted by Gasteiger charge is -2.24. The predicted molar refractivity (Wildman–Crippen MR) is 64.4 cm³/mol. The average molecular weight is 241 g/mol. The highest BCUT2D eigenvalue weighted by atomic mass is 32.2. The van der Waals surface area contributed by atoms with Gasteiger partial charge in [-0.25, -0.2) is 4.39 Å². The number of nitrogens with one attached hydrogen (secondary N) is 1. The van der Waals surface area contributed by atoms with Crippen molar-refractivity contribution >= 4 is 11.8 Å². The summed E-state index contributed by atoms with van der Waals surface area (Å²) in [4.78, 5) is 0.352. The van der Waals surface area contributed by atoms with E-state index in [0.29, 0.717) is 10.5 Å². The number of halogens is 1. The second-order valence-electron chi connectivity index (χ2n) is 4.02. The number of hydrogen-bond donors (Lipinski definition) is 2. The van der Waals surface area contributed by atoms with Crippen molar-refractivity contribution in [3.8, 4) is 5.75 Å². The van der Waals surface area contributed by atoms with E-state index in [1.165, 1.54) is 11.8 Å². The molecule has 0 spiro atoms. The summed E-state index contributed by atoms with van der Waals surface area (Å²) in [5.41, 5.74) is 0.682. The normalized spacial score (nSPS) is 21.0. The van der Waals surface area contributed by atoms with Gasteiger partial charge >= 0.3 is 0 Å². The Morgan fingerprint density at radius 1 is 1.44 bits per heavy atom. The van der Waals surface area contributed by atoms with Gasteiger partial charge in [0.05, 0.1) is 4.90 Å². The number of phenols is 1. The molecule has 0 radical (unpaired) electrons. The van der Waals surface area contributed by atoms with Gasteiger partial charge in [0.1, 0.15) is 11.6 Å². The van der Waals surface area contributed by atoms with Crippen molar-refractivity contribution < 1.29 is 9.50 Å². The van der Waals surface area contributed by atoms with Gasteiger partial charge in [0.2, 0.25) is 0 Å². The highest BCUT2D eigenvalue weighted by Crippen LogP contribution is 2.35. The SMILES string of the molecule is CSc1c(O)ccc(C2CCCCN2)c1F. The standard InChI is InChI=1S/C12H16FNOS/c1-16-12-10(15)6-5-8(11(12)13)9-4-2-3-7-14-9/h5-6,9,14-15H,2-4,7H2,1H3. The number of piperidine rings is 1. The molecule has 1 unspecified atom stereocenters. The van der Waals surface area contributed by atoms with Gasteiger partial charge in [-0.15, -0.1) is 11.8 Å². The molecule has 0 amide bonds. The lowest BCUT2D eigenvalue weighted by atomic mass is 9.97. The zero-order valence-electron chi connectivity index (χ0n) is 9.29. The fourth-order valence-corrected chi connectivity index (χ4v) is 2.72. The molecule has 2 N–H and O–H groups in total. The van der Waals surface area contributed by atoms with E-state index in [1.807, 2.05) is 0 Å². The number of phenolic OH excluding ortho intramolecular Hbond substituents is 1. The van der Waals surface area contributed by atoms with Crippen molar-refractivity contribution in [1.29, 1.82) is 0 Å². The average Bonchev–Trinajstić information content (AvgIpc) is 2.31. The molecule has 2 nitrogen and oxygen atoms in total. The molecular weight excluding hydrogens is 225 g/mol. The maximum absolute atomic E-state index is 14.1. The molecule has 0 aromatic heterocycles. The number of hydrogen-bond acceptors (Lipinski definition) is 3. The van der Waals surface area contributed by atoms with Gasteiger partial charge in [-0.2, -0.15) is 0 Å². The Kier molecular flexibility index (Phi) is 3.71. The summed E-state index contributed by atoms with van der Waals surface area (Å²) in [5.74, 6) is -0.239. The van der Waals surface area contributed by atoms with Crippen LogP contribution >= 0.6 is 11.8 Å². The van der Waals surface area contributed by atoms with Crippen LogP contribution in [0, 0.1) is 5.82 Å². The van der Waals surface area contributed by atoms with Gasteiger partial charge in [0, 0.05) is 11.6 Å². The van der Waals surface area contributed by atoms with E-state index < -0.39 is 0 Å². The molecule has 1 heterocycles. The zero-order valence-corrected chi connectivity index (χ0v) is 10.1. The molecule has 0 bridgehead atoms. The second kappa shape index (κ2) is 5.06. The largest absolute Gasteiger partial charge is 0.507 e. The second-order valence-corrected chi connectivity index (χ2v) is 4.84. The summed E-state index contributed by atoms with van der Waals surface area (Å²) >= 11 is 1.25. The molecule has 1 aromatic rings. The van der Waals surface area contributed by atoms with Crippen LogP contribution in [0.1, 0.15) is 30.9 Å².